The van der Waals surface area contributed by atoms with Crippen LogP contribution in [0.2, 0.25) is 0 Å². The highest BCUT2D eigenvalue weighted by atomic mass is 16.5. The molecular weight excluding hydrogens is 164 g/mol. The molecule has 2 fully saturated rings. The van der Waals surface area contributed by atoms with Crippen molar-refractivity contribution in [2.45, 2.75) is 25.4 Å². The van der Waals surface area contributed by atoms with Gasteiger partial charge in [0.2, 0.25) is 0 Å². The van der Waals surface area contributed by atoms with Crippen LogP contribution in [0, 0.1) is 0 Å². The predicted molar refractivity (Wildman–Crippen MR) is 52.7 cm³/mol. The van der Waals surface area contributed by atoms with Crippen molar-refractivity contribution in [2.75, 3.05) is 39.9 Å². The minimum absolute atomic E-state index is 0.550. The lowest BCUT2D eigenvalue weighted by Crippen LogP contribution is -2.54. The Morgan fingerprint density at radius 3 is 2.54 bits per heavy atom. The Kier molecular flexibility index (Phi) is 3.19. The maximum atomic E-state index is 5.52. The molecule has 0 bridgehead atoms. The first kappa shape index (κ1) is 9.44. The third-order valence-electron chi connectivity index (χ3n) is 3.18. The van der Waals surface area contributed by atoms with E-state index < -0.39 is 0 Å². The summed E-state index contributed by atoms with van der Waals surface area (Å²) >= 11 is 0. The zero-order valence-electron chi connectivity index (χ0n) is 8.54. The van der Waals surface area contributed by atoms with Gasteiger partial charge in [0.25, 0.3) is 0 Å². The lowest BCUT2D eigenvalue weighted by molar-refractivity contribution is -0.0695. The summed E-state index contributed by atoms with van der Waals surface area (Å²) in [6, 6.07) is 0. The molecule has 2 rings (SSSR count). The molecule has 0 aromatic rings. The Bertz CT molecular complexity index is 157. The van der Waals surface area contributed by atoms with Crippen molar-refractivity contribution in [3.63, 3.8) is 0 Å². The molecule has 2 aliphatic rings. The average Bonchev–Trinajstić information content (AvgIpc) is 2.20. The standard InChI is InChI=1S/C10H20N2O/c1-11-7-8-13-9-10(11)12-5-3-2-4-6-12/h10H,2-9H2,1H3. The topological polar surface area (TPSA) is 15.7 Å². The van der Waals surface area contributed by atoms with Crippen molar-refractivity contribution in [1.82, 2.24) is 9.80 Å². The van der Waals surface area contributed by atoms with Gasteiger partial charge in [-0.1, -0.05) is 6.42 Å². The largest absolute Gasteiger partial charge is 0.377 e. The van der Waals surface area contributed by atoms with E-state index in [1.165, 1.54) is 32.4 Å². The number of likely N-dealkylation sites (N-methyl/N-ethyl adjacent to an activating group) is 1. The highest BCUT2D eigenvalue weighted by Crippen LogP contribution is 2.16. The van der Waals surface area contributed by atoms with Crippen molar-refractivity contribution in [3.05, 3.63) is 0 Å². The third-order valence-corrected chi connectivity index (χ3v) is 3.18. The quantitative estimate of drug-likeness (QED) is 0.598. The summed E-state index contributed by atoms with van der Waals surface area (Å²) in [4.78, 5) is 5.00. The summed E-state index contributed by atoms with van der Waals surface area (Å²) in [5.41, 5.74) is 0. The van der Waals surface area contributed by atoms with Gasteiger partial charge in [0, 0.05) is 6.54 Å². The van der Waals surface area contributed by atoms with Crippen molar-refractivity contribution in [1.29, 1.82) is 0 Å². The van der Waals surface area contributed by atoms with Crippen LogP contribution in [0.15, 0.2) is 0 Å². The normalized spacial score (nSPS) is 33.5. The average molecular weight is 184 g/mol. The Balaban J connectivity index is 1.88. The summed E-state index contributed by atoms with van der Waals surface area (Å²) in [5.74, 6) is 0. The number of rotatable bonds is 1. The van der Waals surface area contributed by atoms with E-state index in [2.05, 4.69) is 16.8 Å². The Labute approximate surface area is 80.6 Å². The number of morpholine rings is 1. The van der Waals surface area contributed by atoms with E-state index in [0.717, 1.165) is 19.8 Å². The molecule has 3 heteroatoms. The van der Waals surface area contributed by atoms with Crippen LogP contribution in [-0.2, 0) is 4.74 Å². The van der Waals surface area contributed by atoms with Crippen LogP contribution >= 0.6 is 0 Å². The number of nitrogens with zero attached hydrogens (tertiary/aromatic N) is 2. The van der Waals surface area contributed by atoms with Gasteiger partial charge in [-0.15, -0.1) is 0 Å². The van der Waals surface area contributed by atoms with E-state index in [-0.39, 0.29) is 0 Å². The number of likely N-dealkylation sites (tertiary alicyclic amines) is 1. The second-order valence-corrected chi connectivity index (χ2v) is 4.13. The van der Waals surface area contributed by atoms with Gasteiger partial charge in [-0.25, -0.2) is 0 Å². The smallest absolute Gasteiger partial charge is 0.0862 e. The Hall–Kier alpha value is -0.120. The molecule has 1 unspecified atom stereocenters. The van der Waals surface area contributed by atoms with Gasteiger partial charge in [0.1, 0.15) is 0 Å². The van der Waals surface area contributed by atoms with Crippen molar-refractivity contribution in [3.8, 4) is 0 Å². The number of ether oxygens (including phenoxy) is 1. The maximum Gasteiger partial charge on any atom is 0.0862 e. The zero-order chi connectivity index (χ0) is 9.10. The van der Waals surface area contributed by atoms with Gasteiger partial charge < -0.3 is 4.74 Å². The van der Waals surface area contributed by atoms with Crippen molar-refractivity contribution >= 4 is 0 Å². The Morgan fingerprint density at radius 2 is 1.85 bits per heavy atom. The second kappa shape index (κ2) is 4.40. The predicted octanol–water partition coefficient (Wildman–Crippen LogP) is 0.760. The first-order valence-electron chi connectivity index (χ1n) is 5.40. The molecule has 1 atom stereocenters. The molecule has 0 aromatic carbocycles. The van der Waals surface area contributed by atoms with Gasteiger partial charge in [-0.05, 0) is 33.0 Å². The SMILES string of the molecule is CN1CCOCC1N1CCCCC1. The molecule has 3 nitrogen and oxygen atoms in total. The summed E-state index contributed by atoms with van der Waals surface area (Å²) in [7, 11) is 2.21. The lowest BCUT2D eigenvalue weighted by atomic mass is 10.1. The molecule has 2 aliphatic heterocycles. The molecule has 0 aromatic heterocycles. The van der Waals surface area contributed by atoms with Crippen molar-refractivity contribution in [2.24, 2.45) is 0 Å². The number of piperidine rings is 1. The van der Waals surface area contributed by atoms with Crippen LogP contribution in [0.4, 0.5) is 0 Å². The third kappa shape index (κ3) is 2.22. The molecule has 0 radical (unpaired) electrons. The van der Waals surface area contributed by atoms with E-state index in [4.69, 9.17) is 4.74 Å². The van der Waals surface area contributed by atoms with E-state index >= 15 is 0 Å². The molecule has 0 spiro atoms. The van der Waals surface area contributed by atoms with Crippen LogP contribution in [0.5, 0.6) is 0 Å². The first-order valence-corrected chi connectivity index (χ1v) is 5.40. The Morgan fingerprint density at radius 1 is 1.08 bits per heavy atom. The van der Waals surface area contributed by atoms with Gasteiger partial charge in [0.05, 0.1) is 19.4 Å². The fraction of sp³-hybridized carbons (Fsp3) is 1.00. The molecule has 0 N–H and O–H groups in total. The van der Waals surface area contributed by atoms with Gasteiger partial charge in [-0.3, -0.25) is 9.80 Å². The molecule has 0 aliphatic carbocycles. The van der Waals surface area contributed by atoms with Crippen LogP contribution < -0.4 is 0 Å². The van der Waals surface area contributed by atoms with Crippen LogP contribution in [0.25, 0.3) is 0 Å². The van der Waals surface area contributed by atoms with Crippen LogP contribution in [-0.4, -0.2) is 55.9 Å². The number of hydrogen-bond donors (Lipinski definition) is 0. The van der Waals surface area contributed by atoms with Crippen LogP contribution in [0.1, 0.15) is 19.3 Å². The van der Waals surface area contributed by atoms with Crippen molar-refractivity contribution < 1.29 is 4.74 Å². The van der Waals surface area contributed by atoms with E-state index in [1.54, 1.807) is 0 Å². The number of hydrogen-bond acceptors (Lipinski definition) is 3. The van der Waals surface area contributed by atoms with E-state index in [0.29, 0.717) is 6.17 Å². The zero-order valence-corrected chi connectivity index (χ0v) is 8.54. The molecular formula is C10H20N2O. The highest BCUT2D eigenvalue weighted by molar-refractivity contribution is 4.76. The molecule has 0 saturated carbocycles. The fourth-order valence-electron chi connectivity index (χ4n) is 2.27. The fourth-order valence-corrected chi connectivity index (χ4v) is 2.27. The van der Waals surface area contributed by atoms with E-state index in [9.17, 15) is 0 Å². The van der Waals surface area contributed by atoms with Crippen LogP contribution in [0.3, 0.4) is 0 Å². The van der Waals surface area contributed by atoms with Gasteiger partial charge in [-0.2, -0.15) is 0 Å². The maximum absolute atomic E-state index is 5.52. The first-order chi connectivity index (χ1) is 6.38. The summed E-state index contributed by atoms with van der Waals surface area (Å²) < 4.78 is 5.52. The molecule has 2 saturated heterocycles. The minimum Gasteiger partial charge on any atom is -0.377 e. The molecule has 76 valence electrons. The summed E-state index contributed by atoms with van der Waals surface area (Å²) in [5, 5.41) is 0. The second-order valence-electron chi connectivity index (χ2n) is 4.13. The monoisotopic (exact) mass is 184 g/mol. The molecule has 0 amide bonds. The van der Waals surface area contributed by atoms with Gasteiger partial charge >= 0.3 is 0 Å². The lowest BCUT2D eigenvalue weighted by Gasteiger charge is -2.42. The molecule has 2 heterocycles. The summed E-state index contributed by atoms with van der Waals surface area (Å²) in [6.07, 6.45) is 4.69. The van der Waals surface area contributed by atoms with Gasteiger partial charge in [0.15, 0.2) is 0 Å². The summed E-state index contributed by atoms with van der Waals surface area (Å²) in [6.45, 7) is 5.41. The minimum atomic E-state index is 0.550. The van der Waals surface area contributed by atoms with E-state index in [1.807, 2.05) is 0 Å². The highest BCUT2D eigenvalue weighted by Gasteiger charge is 2.26. The molecule has 13 heavy (non-hydrogen) atoms.